The molecule has 3 aromatic carbocycles. The van der Waals surface area contributed by atoms with E-state index in [9.17, 15) is 4.79 Å². The second kappa shape index (κ2) is 8.88. The van der Waals surface area contributed by atoms with E-state index in [4.69, 9.17) is 18.9 Å². The van der Waals surface area contributed by atoms with Crippen molar-refractivity contribution in [1.29, 1.82) is 0 Å². The number of nitrogens with zero attached hydrogens (tertiary/aromatic N) is 2. The summed E-state index contributed by atoms with van der Waals surface area (Å²) in [6, 6.07) is 21.2. The highest BCUT2D eigenvalue weighted by atomic mass is 16.7. The van der Waals surface area contributed by atoms with Crippen LogP contribution in [0.15, 0.2) is 79.0 Å². The Hall–Kier alpha value is -4.59. The molecule has 0 saturated heterocycles. The van der Waals surface area contributed by atoms with Gasteiger partial charge in [0.2, 0.25) is 12.7 Å². The number of aromatic nitrogens is 2. The molecule has 8 heteroatoms. The molecule has 2 heterocycles. The Morgan fingerprint density at radius 3 is 2.61 bits per heavy atom. The van der Waals surface area contributed by atoms with Crippen LogP contribution < -0.4 is 24.3 Å². The maximum Gasteiger partial charge on any atom is 0.255 e. The van der Waals surface area contributed by atoms with Gasteiger partial charge in [-0.05, 0) is 48.5 Å². The lowest BCUT2D eigenvalue weighted by Gasteiger charge is -2.09. The minimum atomic E-state index is -0.263. The van der Waals surface area contributed by atoms with E-state index in [0.717, 1.165) is 5.75 Å². The van der Waals surface area contributed by atoms with Gasteiger partial charge in [-0.15, -0.1) is 0 Å². The van der Waals surface area contributed by atoms with Crippen LogP contribution in [0.2, 0.25) is 0 Å². The van der Waals surface area contributed by atoms with Crippen molar-refractivity contribution in [3.63, 3.8) is 0 Å². The highest BCUT2D eigenvalue weighted by Gasteiger charge is 2.15. The van der Waals surface area contributed by atoms with Crippen LogP contribution in [0, 0.1) is 0 Å². The molecule has 4 aromatic rings. The predicted molar refractivity (Wildman–Crippen MR) is 121 cm³/mol. The molecule has 1 aromatic heterocycles. The summed E-state index contributed by atoms with van der Waals surface area (Å²) in [5.41, 5.74) is 1.77. The highest BCUT2D eigenvalue weighted by Crippen LogP contribution is 2.34. The van der Waals surface area contributed by atoms with E-state index in [0.29, 0.717) is 45.8 Å². The van der Waals surface area contributed by atoms with Crippen LogP contribution in [0.25, 0.3) is 11.4 Å². The lowest BCUT2D eigenvalue weighted by molar-refractivity contribution is 0.102. The molecule has 0 spiro atoms. The number of ether oxygens (including phenoxy) is 4. The molecule has 1 N–H and O–H groups in total. The van der Waals surface area contributed by atoms with Crippen molar-refractivity contribution < 1.29 is 23.7 Å². The summed E-state index contributed by atoms with van der Waals surface area (Å²) in [4.78, 5) is 21.6. The first-order valence-corrected chi connectivity index (χ1v) is 10.1. The van der Waals surface area contributed by atoms with Crippen LogP contribution in [0.5, 0.6) is 28.9 Å². The van der Waals surface area contributed by atoms with E-state index in [1.54, 1.807) is 80.0 Å². The van der Waals surface area contributed by atoms with Gasteiger partial charge in [0, 0.05) is 35.1 Å². The molecule has 0 aliphatic carbocycles. The molecular formula is C25H19N3O5. The van der Waals surface area contributed by atoms with Gasteiger partial charge in [0.05, 0.1) is 7.11 Å². The molecule has 8 nitrogen and oxygen atoms in total. The van der Waals surface area contributed by atoms with Crippen molar-refractivity contribution in [2.75, 3.05) is 19.2 Å². The SMILES string of the molecule is COc1ccc(Oc2ccnc(-c3cccc(C(=O)Nc4ccc5c(c4)OCO5)c3)n2)cc1. The zero-order valence-electron chi connectivity index (χ0n) is 17.6. The summed E-state index contributed by atoms with van der Waals surface area (Å²) in [7, 11) is 1.61. The summed E-state index contributed by atoms with van der Waals surface area (Å²) in [5, 5.41) is 2.87. The number of rotatable bonds is 6. The average Bonchev–Trinajstić information content (AvgIpc) is 3.33. The van der Waals surface area contributed by atoms with Crippen molar-refractivity contribution >= 4 is 11.6 Å². The molecule has 5 rings (SSSR count). The van der Waals surface area contributed by atoms with Gasteiger partial charge in [-0.2, -0.15) is 4.98 Å². The fraction of sp³-hybridized carbons (Fsp3) is 0.0800. The zero-order valence-corrected chi connectivity index (χ0v) is 17.6. The Morgan fingerprint density at radius 2 is 1.76 bits per heavy atom. The number of hydrogen-bond acceptors (Lipinski definition) is 7. The molecule has 33 heavy (non-hydrogen) atoms. The van der Waals surface area contributed by atoms with E-state index in [1.165, 1.54) is 0 Å². The van der Waals surface area contributed by atoms with Crippen molar-refractivity contribution in [1.82, 2.24) is 9.97 Å². The molecule has 0 unspecified atom stereocenters. The van der Waals surface area contributed by atoms with Crippen LogP contribution >= 0.6 is 0 Å². The Labute approximate surface area is 189 Å². The van der Waals surface area contributed by atoms with Crippen LogP contribution in [-0.4, -0.2) is 29.8 Å². The summed E-state index contributed by atoms with van der Waals surface area (Å²) >= 11 is 0. The number of nitrogens with one attached hydrogen (secondary N) is 1. The van der Waals surface area contributed by atoms with Crippen LogP contribution in [-0.2, 0) is 0 Å². The lowest BCUT2D eigenvalue weighted by atomic mass is 10.1. The normalized spacial score (nSPS) is 11.7. The summed E-state index contributed by atoms with van der Waals surface area (Å²) in [5.74, 6) is 3.19. The molecule has 0 radical (unpaired) electrons. The van der Waals surface area contributed by atoms with Gasteiger partial charge in [0.15, 0.2) is 17.3 Å². The van der Waals surface area contributed by atoms with E-state index in [2.05, 4.69) is 15.3 Å². The van der Waals surface area contributed by atoms with Crippen molar-refractivity contribution in [2.45, 2.75) is 0 Å². The van der Waals surface area contributed by atoms with E-state index < -0.39 is 0 Å². The Balaban J connectivity index is 1.33. The van der Waals surface area contributed by atoms with E-state index >= 15 is 0 Å². The largest absolute Gasteiger partial charge is 0.497 e. The fourth-order valence-corrected chi connectivity index (χ4v) is 3.28. The standard InChI is InChI=1S/C25H19N3O5/c1-30-19-6-8-20(9-7-19)33-23-11-12-26-24(28-23)16-3-2-4-17(13-16)25(29)27-18-5-10-21-22(14-18)32-15-31-21/h2-14H,15H2,1H3,(H,27,29). The maximum atomic E-state index is 12.8. The summed E-state index contributed by atoms with van der Waals surface area (Å²) in [6.07, 6.45) is 1.61. The first-order valence-electron chi connectivity index (χ1n) is 10.1. The number of amides is 1. The highest BCUT2D eigenvalue weighted by molar-refractivity contribution is 6.05. The molecule has 0 saturated carbocycles. The van der Waals surface area contributed by atoms with Crippen LogP contribution in [0.1, 0.15) is 10.4 Å². The lowest BCUT2D eigenvalue weighted by Crippen LogP contribution is -2.11. The zero-order chi connectivity index (χ0) is 22.6. The molecule has 0 bridgehead atoms. The topological polar surface area (TPSA) is 91.8 Å². The van der Waals surface area contributed by atoms with Gasteiger partial charge in [0.1, 0.15) is 11.5 Å². The second-order valence-electron chi connectivity index (χ2n) is 7.10. The minimum absolute atomic E-state index is 0.177. The Bertz CT molecular complexity index is 1310. The molecule has 164 valence electrons. The first-order chi connectivity index (χ1) is 16.2. The third-order valence-corrected chi connectivity index (χ3v) is 4.93. The first kappa shape index (κ1) is 20.3. The van der Waals surface area contributed by atoms with Gasteiger partial charge < -0.3 is 24.3 Å². The van der Waals surface area contributed by atoms with Gasteiger partial charge >= 0.3 is 0 Å². The summed E-state index contributed by atoms with van der Waals surface area (Å²) in [6.45, 7) is 0.177. The second-order valence-corrected chi connectivity index (χ2v) is 7.10. The molecular weight excluding hydrogens is 422 g/mol. The number of methoxy groups -OCH3 is 1. The fourth-order valence-electron chi connectivity index (χ4n) is 3.28. The summed E-state index contributed by atoms with van der Waals surface area (Å²) < 4.78 is 21.6. The Morgan fingerprint density at radius 1 is 0.939 bits per heavy atom. The molecule has 0 atom stereocenters. The Kier molecular flexibility index (Phi) is 5.47. The van der Waals surface area contributed by atoms with Crippen LogP contribution in [0.4, 0.5) is 5.69 Å². The molecule has 0 fully saturated rings. The third kappa shape index (κ3) is 4.54. The number of anilines is 1. The van der Waals surface area contributed by atoms with Crippen molar-refractivity contribution in [2.24, 2.45) is 0 Å². The van der Waals surface area contributed by atoms with Gasteiger partial charge in [-0.3, -0.25) is 4.79 Å². The average molecular weight is 441 g/mol. The number of carbonyl (C=O) groups is 1. The van der Waals surface area contributed by atoms with E-state index in [-0.39, 0.29) is 12.7 Å². The smallest absolute Gasteiger partial charge is 0.255 e. The molecule has 1 aliphatic heterocycles. The third-order valence-electron chi connectivity index (χ3n) is 4.93. The van der Waals surface area contributed by atoms with Gasteiger partial charge in [-0.25, -0.2) is 4.98 Å². The predicted octanol–water partition coefficient (Wildman–Crippen LogP) is 4.93. The van der Waals surface area contributed by atoms with E-state index in [1.807, 2.05) is 6.07 Å². The monoisotopic (exact) mass is 441 g/mol. The number of carbonyl (C=O) groups excluding carboxylic acids is 1. The number of fused-ring (bicyclic) bond motifs is 1. The minimum Gasteiger partial charge on any atom is -0.497 e. The maximum absolute atomic E-state index is 12.8. The molecule has 1 aliphatic rings. The number of hydrogen-bond donors (Lipinski definition) is 1. The van der Waals surface area contributed by atoms with Crippen LogP contribution in [0.3, 0.4) is 0 Å². The van der Waals surface area contributed by atoms with Gasteiger partial charge in [-0.1, -0.05) is 12.1 Å². The van der Waals surface area contributed by atoms with Crippen molar-refractivity contribution in [3.05, 3.63) is 84.6 Å². The van der Waals surface area contributed by atoms with Gasteiger partial charge in [0.25, 0.3) is 5.91 Å². The number of benzene rings is 3. The quantitative estimate of drug-likeness (QED) is 0.454. The van der Waals surface area contributed by atoms with Crippen molar-refractivity contribution in [3.8, 4) is 40.3 Å². The molecule has 1 amide bonds.